The van der Waals surface area contributed by atoms with Gasteiger partial charge in [0.15, 0.2) is 0 Å². The smallest absolute Gasteiger partial charge is 0.350 e. The molecule has 304 valence electrons. The zero-order valence-corrected chi connectivity index (χ0v) is 32.8. The highest BCUT2D eigenvalue weighted by Gasteiger charge is 2.44. The van der Waals surface area contributed by atoms with Crippen LogP contribution in [0.15, 0.2) is 90.5 Å². The molecule has 5 aromatic rings. The predicted molar refractivity (Wildman–Crippen MR) is 210 cm³/mol. The Morgan fingerprint density at radius 1 is 1.00 bits per heavy atom. The molecular weight excluding hydrogens is 737 g/mol. The first-order valence-electron chi connectivity index (χ1n) is 19.2. The number of rotatable bonds is 13. The summed E-state index contributed by atoms with van der Waals surface area (Å²) >= 11 is 0. The van der Waals surface area contributed by atoms with Crippen molar-refractivity contribution in [1.82, 2.24) is 34.0 Å². The van der Waals surface area contributed by atoms with Gasteiger partial charge in [0.05, 0.1) is 38.0 Å². The topological polar surface area (TPSA) is 148 Å². The Hall–Kier alpha value is -5.45. The molecule has 0 aliphatic carbocycles. The second-order valence-corrected chi connectivity index (χ2v) is 14.6. The minimum absolute atomic E-state index is 0.0466. The first-order valence-corrected chi connectivity index (χ1v) is 19.2. The van der Waals surface area contributed by atoms with Gasteiger partial charge in [0.25, 0.3) is 0 Å². The SMILES string of the molecule is CC[C@@H]([C@H](C)OC(=O)CN)n1ncn(-c2ccc(C)cc2)c1=O.CN1CCN(c2ccc(OCC3CO[C@@](Cn4cncn4)(c4ccc(F)cc4F)C3)cc2)CC1. The second-order valence-electron chi connectivity index (χ2n) is 14.6. The van der Waals surface area contributed by atoms with Crippen LogP contribution in [0.4, 0.5) is 14.5 Å². The highest BCUT2D eigenvalue weighted by Crippen LogP contribution is 2.42. The van der Waals surface area contributed by atoms with Gasteiger partial charge in [0.1, 0.15) is 48.1 Å². The van der Waals surface area contributed by atoms with Crippen LogP contribution in [0.1, 0.15) is 43.9 Å². The molecule has 0 amide bonds. The number of nitrogens with zero attached hydrogens (tertiary/aromatic N) is 8. The van der Waals surface area contributed by atoms with Crippen molar-refractivity contribution in [3.8, 4) is 11.4 Å². The fraction of sp³-hybridized carbons (Fsp3) is 0.439. The number of hydrogen-bond acceptors (Lipinski definition) is 11. The van der Waals surface area contributed by atoms with Crippen LogP contribution in [-0.2, 0) is 26.4 Å². The maximum Gasteiger partial charge on any atom is 0.350 e. The van der Waals surface area contributed by atoms with E-state index in [4.69, 9.17) is 19.9 Å². The van der Waals surface area contributed by atoms with E-state index in [-0.39, 0.29) is 30.7 Å². The molecule has 0 saturated carbocycles. The summed E-state index contributed by atoms with van der Waals surface area (Å²) in [6.45, 7) is 10.7. The third kappa shape index (κ3) is 10.1. The van der Waals surface area contributed by atoms with Crippen LogP contribution >= 0.6 is 0 Å². The van der Waals surface area contributed by atoms with Gasteiger partial charge in [-0.3, -0.25) is 4.79 Å². The van der Waals surface area contributed by atoms with E-state index in [0.717, 1.165) is 49.2 Å². The van der Waals surface area contributed by atoms with E-state index in [1.165, 1.54) is 39.7 Å². The number of carbonyl (C=O) groups is 1. The van der Waals surface area contributed by atoms with Gasteiger partial charge >= 0.3 is 11.7 Å². The summed E-state index contributed by atoms with van der Waals surface area (Å²) in [6.07, 6.45) is 5.11. The van der Waals surface area contributed by atoms with Crippen LogP contribution in [0, 0.1) is 24.5 Å². The molecule has 14 nitrogen and oxygen atoms in total. The molecule has 4 atom stereocenters. The fourth-order valence-electron chi connectivity index (χ4n) is 7.28. The first kappa shape index (κ1) is 41.2. The molecule has 1 unspecified atom stereocenters. The van der Waals surface area contributed by atoms with E-state index in [0.29, 0.717) is 31.6 Å². The van der Waals surface area contributed by atoms with Crippen LogP contribution in [-0.4, -0.2) is 99.1 Å². The molecule has 2 aliphatic rings. The molecule has 16 heteroatoms. The third-order valence-electron chi connectivity index (χ3n) is 10.5. The third-order valence-corrected chi connectivity index (χ3v) is 10.5. The average molecular weight is 788 g/mol. The van der Waals surface area contributed by atoms with E-state index in [9.17, 15) is 18.4 Å². The maximum absolute atomic E-state index is 14.8. The van der Waals surface area contributed by atoms with Crippen molar-refractivity contribution >= 4 is 11.7 Å². The number of ether oxygens (including phenoxy) is 3. The number of likely N-dealkylation sites (N-methyl/N-ethyl adjacent to an activating group) is 1. The highest BCUT2D eigenvalue weighted by molar-refractivity contribution is 5.71. The van der Waals surface area contributed by atoms with E-state index in [1.54, 1.807) is 17.9 Å². The number of halogens is 2. The Morgan fingerprint density at radius 3 is 2.37 bits per heavy atom. The summed E-state index contributed by atoms with van der Waals surface area (Å²) in [5, 5.41) is 8.34. The molecule has 4 heterocycles. The van der Waals surface area contributed by atoms with Gasteiger partial charge < -0.3 is 29.7 Å². The Labute approximate surface area is 330 Å². The molecule has 57 heavy (non-hydrogen) atoms. The molecule has 0 radical (unpaired) electrons. The molecular formula is C41H51F2N9O5. The lowest BCUT2D eigenvalue weighted by Crippen LogP contribution is -2.44. The van der Waals surface area contributed by atoms with E-state index < -0.39 is 29.3 Å². The molecule has 2 aliphatic heterocycles. The summed E-state index contributed by atoms with van der Waals surface area (Å²) in [7, 11) is 2.14. The lowest BCUT2D eigenvalue weighted by Gasteiger charge is -2.34. The monoisotopic (exact) mass is 787 g/mol. The lowest BCUT2D eigenvalue weighted by molar-refractivity contribution is -0.148. The Kier molecular flexibility index (Phi) is 13.5. The standard InChI is InChI=1S/C25H29F2N5O2.C16H22N4O3/c1-30-8-10-31(11-9-30)21-3-5-22(6-4-21)33-14-19-13-25(34-15-19,16-32-18-28-17-29-32)23-7-2-20(26)12-24(23)27;1-4-14(12(3)23-15(21)9-17)20-16(22)19(10-18-20)13-7-5-11(2)6-8-13/h2-7,12,17-19H,8-11,13-16H2,1H3;5-8,10,12,14H,4,9,17H2,1-3H3/t19?,25-;12-,14-/m00/s1. The van der Waals surface area contributed by atoms with Crippen LogP contribution in [0.2, 0.25) is 0 Å². The molecule has 2 N–H and O–H groups in total. The zero-order valence-electron chi connectivity index (χ0n) is 32.8. The van der Waals surface area contributed by atoms with Gasteiger partial charge in [0, 0.05) is 49.4 Å². The van der Waals surface area contributed by atoms with Crippen molar-refractivity contribution in [2.24, 2.45) is 11.7 Å². The van der Waals surface area contributed by atoms with Crippen LogP contribution in [0.3, 0.4) is 0 Å². The van der Waals surface area contributed by atoms with Crippen LogP contribution in [0.5, 0.6) is 5.75 Å². The molecule has 0 bridgehead atoms. The Morgan fingerprint density at radius 2 is 1.72 bits per heavy atom. The molecule has 7 rings (SSSR count). The van der Waals surface area contributed by atoms with Gasteiger partial charge in [-0.15, -0.1) is 0 Å². The van der Waals surface area contributed by atoms with Crippen molar-refractivity contribution in [1.29, 1.82) is 0 Å². The van der Waals surface area contributed by atoms with Crippen LogP contribution in [0.25, 0.3) is 5.69 Å². The van der Waals surface area contributed by atoms with E-state index in [1.807, 2.05) is 50.2 Å². The number of piperazine rings is 1. The van der Waals surface area contributed by atoms with Gasteiger partial charge in [-0.05, 0) is 76.2 Å². The number of nitrogens with two attached hydrogens (primary N) is 1. The number of aromatic nitrogens is 6. The van der Waals surface area contributed by atoms with Gasteiger partial charge in [-0.1, -0.05) is 30.7 Å². The lowest BCUT2D eigenvalue weighted by atomic mass is 9.87. The number of esters is 1. The fourth-order valence-corrected chi connectivity index (χ4v) is 7.28. The summed E-state index contributed by atoms with van der Waals surface area (Å²) in [6, 6.07) is 19.0. The summed E-state index contributed by atoms with van der Waals surface area (Å²) in [4.78, 5) is 32.7. The van der Waals surface area contributed by atoms with Crippen LogP contribution < -0.4 is 21.1 Å². The van der Waals surface area contributed by atoms with Crippen molar-refractivity contribution in [2.45, 2.75) is 57.9 Å². The van der Waals surface area contributed by atoms with Crippen molar-refractivity contribution < 1.29 is 27.8 Å². The molecule has 2 aromatic heterocycles. The normalized spacial score (nSPS) is 19.4. The number of benzene rings is 3. The van der Waals surface area contributed by atoms with E-state index >= 15 is 0 Å². The average Bonchev–Trinajstić information content (AvgIpc) is 3.97. The molecule has 2 fully saturated rings. The Bertz CT molecular complexity index is 2100. The molecule has 3 aromatic carbocycles. The first-order chi connectivity index (χ1) is 27.5. The van der Waals surface area contributed by atoms with E-state index in [2.05, 4.69) is 44.2 Å². The number of carbonyl (C=O) groups excluding carboxylic acids is 1. The molecule has 2 saturated heterocycles. The van der Waals surface area contributed by atoms with Gasteiger partial charge in [-0.25, -0.2) is 32.5 Å². The van der Waals surface area contributed by atoms with Crippen molar-refractivity contribution in [3.05, 3.63) is 119 Å². The zero-order chi connectivity index (χ0) is 40.5. The molecule has 0 spiro atoms. The largest absolute Gasteiger partial charge is 0.493 e. The summed E-state index contributed by atoms with van der Waals surface area (Å²) in [5.41, 5.74) is 7.40. The van der Waals surface area contributed by atoms with Gasteiger partial charge in [0.2, 0.25) is 0 Å². The summed E-state index contributed by atoms with van der Waals surface area (Å²) in [5.74, 6) is -0.900. The minimum Gasteiger partial charge on any atom is -0.493 e. The quantitative estimate of drug-likeness (QED) is 0.168. The maximum atomic E-state index is 14.8. The van der Waals surface area contributed by atoms with Gasteiger partial charge in [-0.2, -0.15) is 10.2 Å². The minimum atomic E-state index is -0.967. The number of aryl methyl sites for hydroxylation is 1. The summed E-state index contributed by atoms with van der Waals surface area (Å²) < 4.78 is 50.2. The Balaban J connectivity index is 0.000000209. The van der Waals surface area contributed by atoms with Crippen molar-refractivity contribution in [3.63, 3.8) is 0 Å². The number of hydrogen-bond donors (Lipinski definition) is 1. The predicted octanol–water partition coefficient (Wildman–Crippen LogP) is 4.50. The van der Waals surface area contributed by atoms with Crippen molar-refractivity contribution in [2.75, 3.05) is 57.9 Å². The highest BCUT2D eigenvalue weighted by atomic mass is 19.1. The second kappa shape index (κ2) is 18.7. The number of anilines is 1.